The minimum atomic E-state index is -0.839. The highest BCUT2D eigenvalue weighted by molar-refractivity contribution is 7.99. The molecule has 31 heavy (non-hydrogen) atoms. The molecule has 0 aliphatic carbocycles. The van der Waals surface area contributed by atoms with E-state index in [4.69, 9.17) is 11.6 Å². The summed E-state index contributed by atoms with van der Waals surface area (Å²) >= 11 is 7.28. The third kappa shape index (κ3) is 4.92. The molecule has 1 aromatic heterocycles. The maximum atomic E-state index is 13.8. The molecule has 4 rings (SSSR count). The van der Waals surface area contributed by atoms with Gasteiger partial charge in [-0.3, -0.25) is 9.36 Å². The molecule has 0 atom stereocenters. The maximum absolute atomic E-state index is 13.8. The Bertz CT molecular complexity index is 1230. The number of carbonyl (C=O) groups is 1. The third-order valence-electron chi connectivity index (χ3n) is 4.27. The highest BCUT2D eigenvalue weighted by atomic mass is 35.5. The molecule has 0 aliphatic heterocycles. The Morgan fingerprint density at radius 2 is 1.81 bits per heavy atom. The molecular weight excluding hydrogens is 442 g/mol. The summed E-state index contributed by atoms with van der Waals surface area (Å²) in [6.45, 7) is 0. The third-order valence-corrected chi connectivity index (χ3v) is 5.43. The van der Waals surface area contributed by atoms with Gasteiger partial charge in [-0.1, -0.05) is 53.7 Å². The van der Waals surface area contributed by atoms with Gasteiger partial charge in [-0.25, -0.2) is 8.78 Å². The molecule has 1 heterocycles. The smallest absolute Gasteiger partial charge is 0.234 e. The summed E-state index contributed by atoms with van der Waals surface area (Å²) in [4.78, 5) is 12.3. The molecule has 0 unspecified atom stereocenters. The monoisotopic (exact) mass is 456 g/mol. The van der Waals surface area contributed by atoms with Gasteiger partial charge < -0.3 is 5.32 Å². The molecule has 0 fully saturated rings. The number of nitrogens with one attached hydrogen (secondary N) is 1. The second-order valence-electron chi connectivity index (χ2n) is 6.45. The zero-order valence-electron chi connectivity index (χ0n) is 15.9. The van der Waals surface area contributed by atoms with Crippen LogP contribution in [0.1, 0.15) is 0 Å². The van der Waals surface area contributed by atoms with Gasteiger partial charge in [-0.15, -0.1) is 10.2 Å². The van der Waals surface area contributed by atoms with E-state index in [1.165, 1.54) is 6.07 Å². The number of para-hydroxylation sites is 1. The summed E-state index contributed by atoms with van der Waals surface area (Å²) < 4.78 is 28.7. The average Bonchev–Trinajstić information content (AvgIpc) is 3.19. The summed E-state index contributed by atoms with van der Waals surface area (Å²) in [6, 6.07) is 19.7. The van der Waals surface area contributed by atoms with Gasteiger partial charge in [-0.05, 0) is 36.4 Å². The minimum absolute atomic E-state index is 0.0443. The fraction of sp³-hybridized carbons (Fsp3) is 0.0455. The van der Waals surface area contributed by atoms with E-state index >= 15 is 0 Å². The van der Waals surface area contributed by atoms with Gasteiger partial charge in [0.25, 0.3) is 0 Å². The average molecular weight is 457 g/mol. The highest BCUT2D eigenvalue weighted by Crippen LogP contribution is 2.29. The predicted octanol–water partition coefficient (Wildman–Crippen LogP) is 5.60. The number of rotatable bonds is 6. The lowest BCUT2D eigenvalue weighted by Crippen LogP contribution is -2.15. The lowest BCUT2D eigenvalue weighted by atomic mass is 10.2. The molecule has 0 spiro atoms. The van der Waals surface area contributed by atoms with Gasteiger partial charge in [0.1, 0.15) is 11.6 Å². The standard InChI is InChI=1S/C22H15ClF2N4OS/c23-15-6-4-5-14(11-15)21-27-28-22(29(21)17-7-2-1-3-8-17)31-13-20(30)26-19-10-9-16(24)12-18(19)25/h1-12H,13H2,(H,26,30). The molecule has 3 aromatic carbocycles. The molecule has 156 valence electrons. The van der Waals surface area contributed by atoms with E-state index in [-0.39, 0.29) is 11.4 Å². The van der Waals surface area contributed by atoms with Crippen LogP contribution in [0.2, 0.25) is 5.02 Å². The molecule has 0 radical (unpaired) electrons. The van der Waals surface area contributed by atoms with Crippen LogP contribution in [0.4, 0.5) is 14.5 Å². The number of aromatic nitrogens is 3. The number of thioether (sulfide) groups is 1. The Kier molecular flexibility index (Phi) is 6.29. The van der Waals surface area contributed by atoms with Gasteiger partial charge in [0.2, 0.25) is 5.91 Å². The Morgan fingerprint density at radius 1 is 1.00 bits per heavy atom. The maximum Gasteiger partial charge on any atom is 0.234 e. The van der Waals surface area contributed by atoms with Crippen molar-refractivity contribution in [2.75, 3.05) is 11.1 Å². The molecule has 1 N–H and O–H groups in total. The van der Waals surface area contributed by atoms with Crippen molar-refractivity contribution in [1.29, 1.82) is 0 Å². The van der Waals surface area contributed by atoms with Crippen molar-refractivity contribution in [3.63, 3.8) is 0 Å². The SMILES string of the molecule is O=C(CSc1nnc(-c2cccc(Cl)c2)n1-c1ccccc1)Nc1ccc(F)cc1F. The van der Waals surface area contributed by atoms with Crippen molar-refractivity contribution in [2.45, 2.75) is 5.16 Å². The van der Waals surface area contributed by atoms with Crippen molar-refractivity contribution in [3.05, 3.63) is 89.5 Å². The van der Waals surface area contributed by atoms with Gasteiger partial charge in [-0.2, -0.15) is 0 Å². The van der Waals surface area contributed by atoms with Crippen LogP contribution in [-0.2, 0) is 4.79 Å². The highest BCUT2D eigenvalue weighted by Gasteiger charge is 2.18. The van der Waals surface area contributed by atoms with E-state index in [1.54, 1.807) is 12.1 Å². The van der Waals surface area contributed by atoms with Crippen molar-refractivity contribution in [3.8, 4) is 17.1 Å². The fourth-order valence-electron chi connectivity index (χ4n) is 2.90. The van der Waals surface area contributed by atoms with E-state index < -0.39 is 17.5 Å². The second kappa shape index (κ2) is 9.28. The largest absolute Gasteiger partial charge is 0.323 e. The van der Waals surface area contributed by atoms with Crippen LogP contribution in [0, 0.1) is 11.6 Å². The normalized spacial score (nSPS) is 10.8. The lowest BCUT2D eigenvalue weighted by Gasteiger charge is -2.11. The number of carbonyl (C=O) groups excluding carboxylic acids is 1. The van der Waals surface area contributed by atoms with Crippen LogP contribution < -0.4 is 5.32 Å². The molecule has 0 saturated heterocycles. The van der Waals surface area contributed by atoms with Gasteiger partial charge >= 0.3 is 0 Å². The zero-order chi connectivity index (χ0) is 21.8. The molecule has 5 nitrogen and oxygen atoms in total. The van der Waals surface area contributed by atoms with Crippen molar-refractivity contribution < 1.29 is 13.6 Å². The quantitative estimate of drug-likeness (QED) is 0.384. The first kappa shape index (κ1) is 21.0. The number of hydrogen-bond donors (Lipinski definition) is 1. The van der Waals surface area contributed by atoms with E-state index in [1.807, 2.05) is 47.0 Å². The summed E-state index contributed by atoms with van der Waals surface area (Å²) in [5, 5.41) is 12.0. The number of amides is 1. The van der Waals surface area contributed by atoms with Gasteiger partial charge in [0.15, 0.2) is 11.0 Å². The fourth-order valence-corrected chi connectivity index (χ4v) is 3.84. The van der Waals surface area contributed by atoms with Crippen LogP contribution in [0.5, 0.6) is 0 Å². The van der Waals surface area contributed by atoms with Crippen molar-refractivity contribution >= 4 is 35.0 Å². The van der Waals surface area contributed by atoms with Crippen molar-refractivity contribution in [1.82, 2.24) is 14.8 Å². The van der Waals surface area contributed by atoms with E-state index in [9.17, 15) is 13.6 Å². The number of anilines is 1. The first-order chi connectivity index (χ1) is 15.0. The minimum Gasteiger partial charge on any atom is -0.323 e. The van der Waals surface area contributed by atoms with E-state index in [0.717, 1.165) is 29.1 Å². The molecule has 0 aliphatic rings. The molecular formula is C22H15ClF2N4OS. The first-order valence-electron chi connectivity index (χ1n) is 9.16. The number of hydrogen-bond acceptors (Lipinski definition) is 4. The lowest BCUT2D eigenvalue weighted by molar-refractivity contribution is -0.113. The van der Waals surface area contributed by atoms with Gasteiger partial charge in [0, 0.05) is 22.3 Å². The zero-order valence-corrected chi connectivity index (χ0v) is 17.5. The van der Waals surface area contributed by atoms with E-state index in [0.29, 0.717) is 22.1 Å². The van der Waals surface area contributed by atoms with Crippen LogP contribution in [0.25, 0.3) is 17.1 Å². The Labute approximate surface area is 186 Å². The predicted molar refractivity (Wildman–Crippen MR) is 118 cm³/mol. The second-order valence-corrected chi connectivity index (χ2v) is 7.83. The van der Waals surface area contributed by atoms with Gasteiger partial charge in [0.05, 0.1) is 11.4 Å². The molecule has 0 bridgehead atoms. The summed E-state index contributed by atoms with van der Waals surface area (Å²) in [5.74, 6) is -1.48. The number of nitrogens with zero attached hydrogens (tertiary/aromatic N) is 3. The van der Waals surface area contributed by atoms with Crippen LogP contribution >= 0.6 is 23.4 Å². The Morgan fingerprint density at radius 3 is 2.55 bits per heavy atom. The number of halogens is 3. The van der Waals surface area contributed by atoms with E-state index in [2.05, 4.69) is 15.5 Å². The Hall–Kier alpha value is -3.23. The van der Waals surface area contributed by atoms with Crippen LogP contribution in [0.3, 0.4) is 0 Å². The molecule has 4 aromatic rings. The Balaban J connectivity index is 1.59. The molecule has 0 saturated carbocycles. The van der Waals surface area contributed by atoms with Crippen LogP contribution in [-0.4, -0.2) is 26.4 Å². The summed E-state index contributed by atoms with van der Waals surface area (Å²) in [7, 11) is 0. The summed E-state index contributed by atoms with van der Waals surface area (Å²) in [5.41, 5.74) is 1.50. The first-order valence-corrected chi connectivity index (χ1v) is 10.5. The van der Waals surface area contributed by atoms with Crippen molar-refractivity contribution in [2.24, 2.45) is 0 Å². The summed E-state index contributed by atoms with van der Waals surface area (Å²) in [6.07, 6.45) is 0. The van der Waals surface area contributed by atoms with Crippen LogP contribution in [0.15, 0.2) is 78.0 Å². The number of benzene rings is 3. The molecule has 9 heteroatoms. The molecule has 1 amide bonds. The topological polar surface area (TPSA) is 59.8 Å².